The Morgan fingerprint density at radius 3 is 1.35 bits per heavy atom. The van der Waals surface area contributed by atoms with Crippen LogP contribution in [0.25, 0.3) is 99.5 Å². The van der Waals surface area contributed by atoms with Gasteiger partial charge in [0.05, 0.1) is 27.5 Å². The van der Waals surface area contributed by atoms with Gasteiger partial charge in [-0.2, -0.15) is 0 Å². The third-order valence-electron chi connectivity index (χ3n) is 14.8. The van der Waals surface area contributed by atoms with Crippen LogP contribution in [0.2, 0.25) is 0 Å². The molecule has 0 bridgehead atoms. The smallest absolute Gasteiger partial charge is 0.0713 e. The summed E-state index contributed by atoms with van der Waals surface area (Å²) in [6.07, 6.45) is 0. The van der Waals surface area contributed by atoms with Crippen LogP contribution in [-0.2, 0) is 5.41 Å². The van der Waals surface area contributed by atoms with Gasteiger partial charge in [0.2, 0.25) is 0 Å². The third-order valence-corrected chi connectivity index (χ3v) is 14.8. The maximum atomic E-state index is 2.44. The van der Waals surface area contributed by atoms with Gasteiger partial charge in [-0.25, -0.2) is 0 Å². The van der Waals surface area contributed by atoms with E-state index in [4.69, 9.17) is 0 Å². The Kier molecular flexibility index (Phi) is 8.84. The van der Waals surface area contributed by atoms with Crippen LogP contribution in [0, 0.1) is 0 Å². The van der Waals surface area contributed by atoms with Crippen LogP contribution in [0.15, 0.2) is 267 Å². The van der Waals surface area contributed by atoms with Gasteiger partial charge in [-0.05, 0) is 127 Å². The highest BCUT2D eigenvalue weighted by molar-refractivity contribution is 6.17. The molecule has 0 unspecified atom stereocenters. The first-order chi connectivity index (χ1) is 34.2. The Morgan fingerprint density at radius 1 is 0.246 bits per heavy atom. The minimum Gasteiger partial charge on any atom is -0.309 e. The zero-order valence-corrected chi connectivity index (χ0v) is 37.8. The first-order valence-electron chi connectivity index (χ1n) is 23.9. The highest BCUT2D eigenvalue weighted by Gasteiger charge is 2.45. The van der Waals surface area contributed by atoms with Gasteiger partial charge in [0.25, 0.3) is 0 Å². The molecule has 1 aliphatic rings. The lowest BCUT2D eigenvalue weighted by Crippen LogP contribution is -2.28. The third kappa shape index (κ3) is 5.92. The second-order valence-corrected chi connectivity index (χ2v) is 18.4. The summed E-state index contributed by atoms with van der Waals surface area (Å²) in [5.41, 5.74) is 21.6. The fraction of sp³-hybridized carbons (Fsp3) is 0.0149. The molecule has 0 N–H and O–H groups in total. The largest absolute Gasteiger partial charge is 0.309 e. The molecule has 14 rings (SSSR count). The van der Waals surface area contributed by atoms with Crippen molar-refractivity contribution in [3.05, 3.63) is 289 Å². The topological polar surface area (TPSA) is 9.86 Å². The SMILES string of the molecule is c1ccc(-c2ccc(-n3c4ccc(-c5ccc6c(c5)c5ccccc5n6-c5ccc(C6(c7ccccc7)c7ccccc7-c7ccccc76)cc5)cc4c4c(-c5ccccc5)cccc43)cc2)cc1. The van der Waals surface area contributed by atoms with E-state index in [9.17, 15) is 0 Å². The van der Waals surface area contributed by atoms with E-state index in [1.807, 2.05) is 0 Å². The number of hydrogen-bond acceptors (Lipinski definition) is 0. The summed E-state index contributed by atoms with van der Waals surface area (Å²) in [7, 11) is 0. The van der Waals surface area contributed by atoms with Crippen LogP contribution in [0.3, 0.4) is 0 Å². The van der Waals surface area contributed by atoms with Crippen molar-refractivity contribution < 1.29 is 0 Å². The van der Waals surface area contributed by atoms with Gasteiger partial charge >= 0.3 is 0 Å². The van der Waals surface area contributed by atoms with E-state index < -0.39 is 5.41 Å². The van der Waals surface area contributed by atoms with Crippen LogP contribution < -0.4 is 0 Å². The maximum absolute atomic E-state index is 2.44. The van der Waals surface area contributed by atoms with Crippen molar-refractivity contribution in [2.75, 3.05) is 0 Å². The maximum Gasteiger partial charge on any atom is 0.0713 e. The van der Waals surface area contributed by atoms with Gasteiger partial charge in [-0.3, -0.25) is 0 Å². The lowest BCUT2D eigenvalue weighted by Gasteiger charge is -2.34. The number of benzene rings is 11. The Bertz CT molecular complexity index is 4040. The predicted octanol–water partition coefficient (Wildman–Crippen LogP) is 17.2. The van der Waals surface area contributed by atoms with Crippen LogP contribution >= 0.6 is 0 Å². The van der Waals surface area contributed by atoms with Crippen molar-refractivity contribution in [3.63, 3.8) is 0 Å². The number of nitrogens with zero attached hydrogens (tertiary/aromatic N) is 2. The number of aromatic nitrogens is 2. The molecule has 0 fully saturated rings. The Labute approximate surface area is 401 Å². The molecule has 2 heterocycles. The fourth-order valence-corrected chi connectivity index (χ4v) is 11.8. The summed E-state index contributed by atoms with van der Waals surface area (Å²) in [4.78, 5) is 0. The van der Waals surface area contributed by atoms with Gasteiger partial charge in [0.15, 0.2) is 0 Å². The zero-order chi connectivity index (χ0) is 45.5. The molecular formula is C67H44N2. The summed E-state index contributed by atoms with van der Waals surface area (Å²) in [6.45, 7) is 0. The Hall–Kier alpha value is -8.98. The van der Waals surface area contributed by atoms with Crippen molar-refractivity contribution in [2.24, 2.45) is 0 Å². The van der Waals surface area contributed by atoms with Gasteiger partial charge in [0, 0.05) is 32.9 Å². The number of fused-ring (bicyclic) bond motifs is 9. The zero-order valence-electron chi connectivity index (χ0n) is 37.8. The molecule has 2 heteroatoms. The number of para-hydroxylation sites is 1. The molecule has 0 saturated heterocycles. The van der Waals surface area contributed by atoms with Crippen LogP contribution in [-0.4, -0.2) is 9.13 Å². The van der Waals surface area contributed by atoms with E-state index in [0.29, 0.717) is 0 Å². The van der Waals surface area contributed by atoms with Crippen molar-refractivity contribution >= 4 is 43.6 Å². The van der Waals surface area contributed by atoms with E-state index in [1.165, 1.54) is 110 Å². The molecule has 0 amide bonds. The molecule has 11 aromatic carbocycles. The minimum atomic E-state index is -0.440. The lowest BCUT2D eigenvalue weighted by atomic mass is 9.68. The van der Waals surface area contributed by atoms with Gasteiger partial charge in [-0.1, -0.05) is 206 Å². The molecule has 2 aromatic heterocycles. The molecule has 2 nitrogen and oxygen atoms in total. The molecular weight excluding hydrogens is 833 g/mol. The summed E-state index contributed by atoms with van der Waals surface area (Å²) in [5.74, 6) is 0. The monoisotopic (exact) mass is 876 g/mol. The average Bonchev–Trinajstić information content (AvgIpc) is 4.06. The van der Waals surface area contributed by atoms with Crippen LogP contribution in [0.5, 0.6) is 0 Å². The van der Waals surface area contributed by atoms with Crippen molar-refractivity contribution in [2.45, 2.75) is 5.41 Å². The standard InChI is InChI=1S/C67H44N2/c1-4-17-45(18-5-1)46-31-37-52(38-32-46)69-64-42-34-49(44-59(64)66-54(26-16-30-65(66)69)47-19-6-2-7-20-47)48-33-41-63-58(43-48)57-25-12-15-29-62(57)68(63)53-39-35-51(36-40-53)67(50-21-8-3-9-22-50)60-27-13-10-23-55(60)56-24-11-14-28-61(56)67/h1-44H. The quantitative estimate of drug-likeness (QED) is 0.151. The average molecular weight is 877 g/mol. The van der Waals surface area contributed by atoms with E-state index in [2.05, 4.69) is 276 Å². The molecule has 0 saturated carbocycles. The van der Waals surface area contributed by atoms with E-state index in [1.54, 1.807) is 0 Å². The molecule has 322 valence electrons. The summed E-state index contributed by atoms with van der Waals surface area (Å²) in [6, 6.07) is 98.5. The molecule has 13 aromatic rings. The fourth-order valence-electron chi connectivity index (χ4n) is 11.8. The minimum absolute atomic E-state index is 0.440. The Morgan fingerprint density at radius 2 is 0.681 bits per heavy atom. The highest BCUT2D eigenvalue weighted by Crippen LogP contribution is 2.56. The normalized spacial score (nSPS) is 12.8. The van der Waals surface area contributed by atoms with Crippen molar-refractivity contribution in [3.8, 4) is 55.9 Å². The lowest BCUT2D eigenvalue weighted by molar-refractivity contribution is 0.768. The number of rotatable bonds is 7. The summed E-state index contributed by atoms with van der Waals surface area (Å²) >= 11 is 0. The predicted molar refractivity (Wildman–Crippen MR) is 289 cm³/mol. The molecule has 0 radical (unpaired) electrons. The molecule has 69 heavy (non-hydrogen) atoms. The van der Waals surface area contributed by atoms with Crippen LogP contribution in [0.4, 0.5) is 0 Å². The van der Waals surface area contributed by atoms with Crippen molar-refractivity contribution in [1.82, 2.24) is 9.13 Å². The summed E-state index contributed by atoms with van der Waals surface area (Å²) in [5, 5.41) is 4.96. The van der Waals surface area contributed by atoms with Gasteiger partial charge < -0.3 is 9.13 Å². The van der Waals surface area contributed by atoms with E-state index in [-0.39, 0.29) is 0 Å². The molecule has 1 aliphatic carbocycles. The van der Waals surface area contributed by atoms with Crippen LogP contribution in [0.1, 0.15) is 22.3 Å². The van der Waals surface area contributed by atoms with Gasteiger partial charge in [-0.15, -0.1) is 0 Å². The van der Waals surface area contributed by atoms with Crippen molar-refractivity contribution in [1.29, 1.82) is 0 Å². The second-order valence-electron chi connectivity index (χ2n) is 18.4. The summed E-state index contributed by atoms with van der Waals surface area (Å²) < 4.78 is 4.87. The molecule has 0 aliphatic heterocycles. The highest BCUT2D eigenvalue weighted by atomic mass is 15.0. The molecule has 0 spiro atoms. The van der Waals surface area contributed by atoms with Gasteiger partial charge in [0.1, 0.15) is 0 Å². The molecule has 0 atom stereocenters. The first kappa shape index (κ1) is 39.2. The van der Waals surface area contributed by atoms with E-state index >= 15 is 0 Å². The van der Waals surface area contributed by atoms with E-state index in [0.717, 1.165) is 11.4 Å². The Balaban J connectivity index is 0.911. The second kappa shape index (κ2) is 15.6. The first-order valence-corrected chi connectivity index (χ1v) is 23.9. The number of hydrogen-bond donors (Lipinski definition) is 0.